The molecular formula is C15H30O2. The van der Waals surface area contributed by atoms with Gasteiger partial charge in [0.2, 0.25) is 0 Å². The third-order valence-corrected chi connectivity index (χ3v) is 3.23. The summed E-state index contributed by atoms with van der Waals surface area (Å²) < 4.78 is 0. The molecule has 2 nitrogen and oxygen atoms in total. The van der Waals surface area contributed by atoms with Crippen molar-refractivity contribution >= 4 is 5.78 Å². The van der Waals surface area contributed by atoms with E-state index in [-0.39, 0.29) is 5.92 Å². The number of carbonyl (C=O) groups excluding carboxylic acids is 1. The molecule has 17 heavy (non-hydrogen) atoms. The number of unbranched alkanes of at least 4 members (excludes halogenated alkanes) is 8. The Morgan fingerprint density at radius 1 is 0.824 bits per heavy atom. The quantitative estimate of drug-likeness (QED) is 0.523. The van der Waals surface area contributed by atoms with Crippen LogP contribution in [0, 0.1) is 5.92 Å². The zero-order valence-electron chi connectivity index (χ0n) is 11.7. The van der Waals surface area contributed by atoms with Gasteiger partial charge in [0.15, 0.2) is 0 Å². The lowest BCUT2D eigenvalue weighted by Gasteiger charge is -2.04. The van der Waals surface area contributed by atoms with Crippen LogP contribution in [0.15, 0.2) is 0 Å². The molecule has 0 bridgehead atoms. The zero-order valence-corrected chi connectivity index (χ0v) is 11.7. The van der Waals surface area contributed by atoms with Crippen LogP contribution in [-0.4, -0.2) is 17.5 Å². The summed E-state index contributed by atoms with van der Waals surface area (Å²) in [7, 11) is 0. The molecule has 0 amide bonds. The van der Waals surface area contributed by atoms with E-state index in [1.807, 2.05) is 13.8 Å². The summed E-state index contributed by atoms with van der Waals surface area (Å²) >= 11 is 0. The van der Waals surface area contributed by atoms with Crippen LogP contribution in [0.2, 0.25) is 0 Å². The van der Waals surface area contributed by atoms with Crippen molar-refractivity contribution in [3.8, 4) is 0 Å². The highest BCUT2D eigenvalue weighted by Gasteiger charge is 2.05. The summed E-state index contributed by atoms with van der Waals surface area (Å²) in [4.78, 5) is 11.4. The van der Waals surface area contributed by atoms with Gasteiger partial charge < -0.3 is 5.11 Å². The third-order valence-electron chi connectivity index (χ3n) is 3.23. The van der Waals surface area contributed by atoms with E-state index in [0.29, 0.717) is 12.4 Å². The first-order valence-corrected chi connectivity index (χ1v) is 7.32. The minimum atomic E-state index is 0.210. The predicted octanol–water partition coefficient (Wildman–Crippen LogP) is 4.10. The van der Waals surface area contributed by atoms with Crippen molar-refractivity contribution in [2.45, 2.75) is 78.1 Å². The molecule has 0 unspecified atom stereocenters. The fraction of sp³-hybridized carbons (Fsp3) is 0.933. The number of carbonyl (C=O) groups is 1. The molecule has 0 heterocycles. The van der Waals surface area contributed by atoms with E-state index in [1.54, 1.807) is 0 Å². The van der Waals surface area contributed by atoms with Crippen LogP contribution in [0.25, 0.3) is 0 Å². The van der Waals surface area contributed by atoms with Crippen molar-refractivity contribution in [1.29, 1.82) is 0 Å². The SMILES string of the molecule is CC(C)C(=O)CCCCCCCCCCCO. The number of aliphatic hydroxyl groups excluding tert-OH is 1. The van der Waals surface area contributed by atoms with Crippen LogP contribution < -0.4 is 0 Å². The van der Waals surface area contributed by atoms with Gasteiger partial charge in [-0.1, -0.05) is 58.8 Å². The largest absolute Gasteiger partial charge is 0.396 e. The average molecular weight is 242 g/mol. The van der Waals surface area contributed by atoms with Gasteiger partial charge >= 0.3 is 0 Å². The Balaban J connectivity index is 3.06. The second kappa shape index (κ2) is 12.1. The van der Waals surface area contributed by atoms with Crippen molar-refractivity contribution in [3.05, 3.63) is 0 Å². The Kier molecular flexibility index (Phi) is 11.8. The van der Waals surface area contributed by atoms with Gasteiger partial charge in [-0.15, -0.1) is 0 Å². The first-order chi connectivity index (χ1) is 8.18. The van der Waals surface area contributed by atoms with Gasteiger partial charge in [-0.05, 0) is 12.8 Å². The molecule has 2 heteroatoms. The van der Waals surface area contributed by atoms with E-state index in [4.69, 9.17) is 5.11 Å². The zero-order chi connectivity index (χ0) is 12.9. The average Bonchev–Trinajstić information content (AvgIpc) is 2.31. The van der Waals surface area contributed by atoms with E-state index >= 15 is 0 Å². The third kappa shape index (κ3) is 11.9. The molecule has 0 radical (unpaired) electrons. The van der Waals surface area contributed by atoms with Gasteiger partial charge in [0.25, 0.3) is 0 Å². The minimum Gasteiger partial charge on any atom is -0.396 e. The molecule has 0 aliphatic rings. The van der Waals surface area contributed by atoms with E-state index in [9.17, 15) is 4.79 Å². The Bertz CT molecular complexity index is 176. The van der Waals surface area contributed by atoms with Crippen LogP contribution in [0.1, 0.15) is 78.1 Å². The van der Waals surface area contributed by atoms with E-state index < -0.39 is 0 Å². The molecule has 0 aliphatic carbocycles. The summed E-state index contributed by atoms with van der Waals surface area (Å²) in [6, 6.07) is 0. The maximum absolute atomic E-state index is 11.4. The molecule has 0 saturated carbocycles. The normalized spacial score (nSPS) is 11.1. The first kappa shape index (κ1) is 16.6. The van der Waals surface area contributed by atoms with Gasteiger partial charge in [-0.2, -0.15) is 0 Å². The van der Waals surface area contributed by atoms with Gasteiger partial charge in [0, 0.05) is 18.9 Å². The van der Waals surface area contributed by atoms with Crippen molar-refractivity contribution in [1.82, 2.24) is 0 Å². The second-order valence-corrected chi connectivity index (χ2v) is 5.28. The van der Waals surface area contributed by atoms with Crippen LogP contribution in [-0.2, 0) is 4.79 Å². The van der Waals surface area contributed by atoms with Crippen LogP contribution in [0.5, 0.6) is 0 Å². The lowest BCUT2D eigenvalue weighted by molar-refractivity contribution is -0.122. The molecule has 0 spiro atoms. The Labute approximate surface area is 107 Å². The van der Waals surface area contributed by atoms with Gasteiger partial charge in [-0.3, -0.25) is 4.79 Å². The molecule has 0 atom stereocenters. The van der Waals surface area contributed by atoms with Crippen LogP contribution in [0.3, 0.4) is 0 Å². The summed E-state index contributed by atoms with van der Waals surface area (Å²) in [6.07, 6.45) is 11.6. The fourth-order valence-corrected chi connectivity index (χ4v) is 1.94. The summed E-state index contributed by atoms with van der Waals surface area (Å²) in [5, 5.41) is 8.62. The van der Waals surface area contributed by atoms with Gasteiger partial charge in [-0.25, -0.2) is 0 Å². The Morgan fingerprint density at radius 3 is 1.65 bits per heavy atom. The van der Waals surface area contributed by atoms with E-state index in [2.05, 4.69) is 0 Å². The van der Waals surface area contributed by atoms with Crippen LogP contribution >= 0.6 is 0 Å². The minimum absolute atomic E-state index is 0.210. The number of aliphatic hydroxyl groups is 1. The van der Waals surface area contributed by atoms with Crippen molar-refractivity contribution in [3.63, 3.8) is 0 Å². The molecule has 0 aromatic rings. The van der Waals surface area contributed by atoms with Gasteiger partial charge in [0.05, 0.1) is 0 Å². The molecular weight excluding hydrogens is 212 g/mol. The maximum atomic E-state index is 11.4. The summed E-state index contributed by atoms with van der Waals surface area (Å²) in [5.74, 6) is 0.621. The molecule has 0 aromatic heterocycles. The maximum Gasteiger partial charge on any atom is 0.135 e. The van der Waals surface area contributed by atoms with Crippen molar-refractivity contribution in [2.75, 3.05) is 6.61 Å². The monoisotopic (exact) mass is 242 g/mol. The highest BCUT2D eigenvalue weighted by atomic mass is 16.2. The number of ketones is 1. The van der Waals surface area contributed by atoms with E-state index in [1.165, 1.54) is 44.9 Å². The molecule has 1 N–H and O–H groups in total. The number of hydrogen-bond donors (Lipinski definition) is 1. The number of rotatable bonds is 12. The lowest BCUT2D eigenvalue weighted by Crippen LogP contribution is -2.05. The molecule has 102 valence electrons. The Hall–Kier alpha value is -0.370. The molecule has 0 aromatic carbocycles. The number of Topliss-reactive ketones (excluding diaryl/α,β-unsaturated/α-hetero) is 1. The lowest BCUT2D eigenvalue weighted by atomic mass is 10.0. The predicted molar refractivity (Wildman–Crippen MR) is 73.1 cm³/mol. The number of hydrogen-bond acceptors (Lipinski definition) is 2. The second-order valence-electron chi connectivity index (χ2n) is 5.28. The summed E-state index contributed by atoms with van der Waals surface area (Å²) in [5.41, 5.74) is 0. The topological polar surface area (TPSA) is 37.3 Å². The molecule has 0 fully saturated rings. The molecule has 0 saturated heterocycles. The van der Waals surface area contributed by atoms with Crippen LogP contribution in [0.4, 0.5) is 0 Å². The standard InChI is InChI=1S/C15H30O2/c1-14(2)15(17)12-10-8-6-4-3-5-7-9-11-13-16/h14,16H,3-13H2,1-2H3. The van der Waals surface area contributed by atoms with Crippen molar-refractivity contribution in [2.24, 2.45) is 5.92 Å². The van der Waals surface area contributed by atoms with E-state index in [0.717, 1.165) is 19.3 Å². The smallest absolute Gasteiger partial charge is 0.135 e. The highest BCUT2D eigenvalue weighted by Crippen LogP contribution is 2.11. The molecule has 0 aliphatic heterocycles. The van der Waals surface area contributed by atoms with Crippen molar-refractivity contribution < 1.29 is 9.90 Å². The van der Waals surface area contributed by atoms with Gasteiger partial charge in [0.1, 0.15) is 5.78 Å². The first-order valence-electron chi connectivity index (χ1n) is 7.32. The fourth-order valence-electron chi connectivity index (χ4n) is 1.94. The molecule has 0 rings (SSSR count). The highest BCUT2D eigenvalue weighted by molar-refractivity contribution is 5.80. The summed E-state index contributed by atoms with van der Waals surface area (Å²) in [6.45, 7) is 4.30. The Morgan fingerprint density at radius 2 is 1.24 bits per heavy atom.